The number of carbonyl (C=O) groups excluding carboxylic acids is 2. The smallest absolute Gasteiger partial charge is 0.349 e. The first-order chi connectivity index (χ1) is 21.1. The van der Waals surface area contributed by atoms with Gasteiger partial charge in [-0.25, -0.2) is 9.48 Å². The molecule has 4 aromatic rings. The highest BCUT2D eigenvalue weighted by Crippen LogP contribution is 2.41. The van der Waals surface area contributed by atoms with Crippen molar-refractivity contribution in [1.82, 2.24) is 19.9 Å². The molecule has 0 amide bonds. The van der Waals surface area contributed by atoms with Gasteiger partial charge in [0.1, 0.15) is 17.9 Å². The number of aromatic nitrogens is 3. The Morgan fingerprint density at radius 1 is 1.11 bits per heavy atom. The molecule has 1 N–H and O–H groups in total. The lowest BCUT2D eigenvalue weighted by Crippen LogP contribution is -2.42. The third-order valence-electron chi connectivity index (χ3n) is 9.33. The average molecular weight is 635 g/mol. The van der Waals surface area contributed by atoms with Crippen LogP contribution in [0.3, 0.4) is 0 Å². The number of aryl methyl sites for hydroxylation is 2. The van der Waals surface area contributed by atoms with Gasteiger partial charge in [0, 0.05) is 23.0 Å². The van der Waals surface area contributed by atoms with E-state index in [-0.39, 0.29) is 11.5 Å². The van der Waals surface area contributed by atoms with E-state index in [4.69, 9.17) is 4.74 Å². The fraction of sp³-hybridized carbons (Fsp3) is 0.529. The number of rotatable bonds is 10. The van der Waals surface area contributed by atoms with Gasteiger partial charge in [-0.2, -0.15) is 0 Å². The largest absolute Gasteiger partial charge is 0.460 e. The Morgan fingerprint density at radius 3 is 2.55 bits per heavy atom. The first kappa shape index (κ1) is 31.1. The molecular weight excluding hydrogens is 593 g/mol. The van der Waals surface area contributed by atoms with Gasteiger partial charge in [-0.15, -0.1) is 27.8 Å². The van der Waals surface area contributed by atoms with Crippen LogP contribution in [0.5, 0.6) is 0 Å². The number of ether oxygens (including phenoxy) is 1. The molecule has 44 heavy (non-hydrogen) atoms. The van der Waals surface area contributed by atoms with Crippen LogP contribution in [0.4, 0.5) is 0 Å². The van der Waals surface area contributed by atoms with Gasteiger partial charge in [0.2, 0.25) is 5.60 Å². The number of fused-ring (bicyclic) bond motifs is 3. The number of hydrogen-bond acceptors (Lipinski definition) is 9. The van der Waals surface area contributed by atoms with E-state index in [0.717, 1.165) is 92.2 Å². The van der Waals surface area contributed by atoms with E-state index in [2.05, 4.69) is 43.0 Å². The van der Waals surface area contributed by atoms with Gasteiger partial charge >= 0.3 is 5.97 Å². The topological polar surface area (TPSA) is 97.5 Å². The summed E-state index contributed by atoms with van der Waals surface area (Å²) in [7, 11) is 2.17. The Bertz CT molecular complexity index is 1630. The molecule has 234 valence electrons. The van der Waals surface area contributed by atoms with Crippen molar-refractivity contribution >= 4 is 46.0 Å². The number of nitrogens with zero attached hydrogens (tertiary/aromatic N) is 4. The van der Waals surface area contributed by atoms with Gasteiger partial charge < -0.3 is 14.7 Å². The molecule has 1 unspecified atom stereocenters. The van der Waals surface area contributed by atoms with Crippen molar-refractivity contribution in [3.8, 4) is 0 Å². The number of benzene rings is 1. The number of esters is 1. The Hall–Kier alpha value is -2.92. The second kappa shape index (κ2) is 12.5. The highest BCUT2D eigenvalue weighted by molar-refractivity contribution is 7.13. The zero-order chi connectivity index (χ0) is 31.1. The summed E-state index contributed by atoms with van der Waals surface area (Å²) in [6.07, 6.45) is 8.11. The highest BCUT2D eigenvalue weighted by atomic mass is 32.1. The molecule has 0 radical (unpaired) electrons. The second-order valence-electron chi connectivity index (χ2n) is 13.3. The monoisotopic (exact) mass is 634 g/mol. The van der Waals surface area contributed by atoms with Gasteiger partial charge in [-0.3, -0.25) is 4.79 Å². The number of hydrogen-bond donors (Lipinski definition) is 1. The minimum atomic E-state index is -1.80. The van der Waals surface area contributed by atoms with Crippen LogP contribution in [0.2, 0.25) is 0 Å². The number of thiophene rings is 2. The van der Waals surface area contributed by atoms with Gasteiger partial charge in [0.15, 0.2) is 0 Å². The molecule has 2 aliphatic carbocycles. The maximum atomic E-state index is 13.7. The van der Waals surface area contributed by atoms with E-state index in [1.54, 1.807) is 0 Å². The molecule has 10 heteroatoms. The molecule has 2 aliphatic rings. The average Bonchev–Trinajstić information content (AvgIpc) is 3.83. The summed E-state index contributed by atoms with van der Waals surface area (Å²) < 4.78 is 8.07. The van der Waals surface area contributed by atoms with Crippen molar-refractivity contribution in [2.45, 2.75) is 102 Å². The van der Waals surface area contributed by atoms with Crippen molar-refractivity contribution in [1.29, 1.82) is 0 Å². The van der Waals surface area contributed by atoms with Crippen molar-refractivity contribution in [3.05, 3.63) is 67.0 Å². The van der Waals surface area contributed by atoms with Crippen LogP contribution in [0, 0.1) is 0 Å². The molecule has 0 bridgehead atoms. The van der Waals surface area contributed by atoms with Gasteiger partial charge in [-0.1, -0.05) is 32.1 Å². The lowest BCUT2D eigenvalue weighted by Gasteiger charge is -2.35. The third kappa shape index (κ3) is 5.89. The molecule has 6 rings (SSSR count). The molecule has 1 atom stereocenters. The number of aliphatic hydroxyl groups is 1. The maximum Gasteiger partial charge on any atom is 0.349 e. The summed E-state index contributed by atoms with van der Waals surface area (Å²) in [6, 6.07) is 9.85. The molecule has 3 aromatic heterocycles. The lowest BCUT2D eigenvalue weighted by molar-refractivity contribution is -0.169. The SMILES string of the molecule is CN(CCCn1nnc2cc(C=O)c3c(c21)CCC3)C1CCC(OC(=O)C(O)(c2cccs2)c2ccc(C(C)(C)C)s2)CC1. The van der Waals surface area contributed by atoms with Gasteiger partial charge in [-0.05, 0) is 111 Å². The van der Waals surface area contributed by atoms with E-state index < -0.39 is 11.6 Å². The van der Waals surface area contributed by atoms with Crippen LogP contribution in [-0.4, -0.2) is 63.0 Å². The van der Waals surface area contributed by atoms with E-state index in [0.29, 0.717) is 15.8 Å². The van der Waals surface area contributed by atoms with Crippen LogP contribution < -0.4 is 0 Å². The minimum absolute atomic E-state index is 0.0716. The summed E-state index contributed by atoms with van der Waals surface area (Å²) >= 11 is 2.85. The van der Waals surface area contributed by atoms with E-state index in [1.807, 2.05) is 40.4 Å². The molecule has 3 heterocycles. The predicted octanol–water partition coefficient (Wildman–Crippen LogP) is 6.27. The summed E-state index contributed by atoms with van der Waals surface area (Å²) in [6.45, 7) is 8.11. The molecule has 8 nitrogen and oxygen atoms in total. The van der Waals surface area contributed by atoms with Crippen molar-refractivity contribution in [2.75, 3.05) is 13.6 Å². The molecule has 0 spiro atoms. The molecule has 1 saturated carbocycles. The van der Waals surface area contributed by atoms with Crippen molar-refractivity contribution in [2.24, 2.45) is 0 Å². The fourth-order valence-electron chi connectivity index (χ4n) is 6.79. The third-order valence-corrected chi connectivity index (χ3v) is 11.9. The van der Waals surface area contributed by atoms with Crippen molar-refractivity contribution in [3.63, 3.8) is 0 Å². The zero-order valence-electron chi connectivity index (χ0n) is 26.0. The van der Waals surface area contributed by atoms with Crippen LogP contribution in [-0.2, 0) is 39.9 Å². The van der Waals surface area contributed by atoms with Gasteiger partial charge in [0.05, 0.1) is 15.3 Å². The van der Waals surface area contributed by atoms with E-state index >= 15 is 0 Å². The van der Waals surface area contributed by atoms with Crippen LogP contribution in [0.25, 0.3) is 11.0 Å². The summed E-state index contributed by atoms with van der Waals surface area (Å²) in [4.78, 5) is 30.0. The molecule has 0 aliphatic heterocycles. The Kier molecular flexibility index (Phi) is 8.80. The van der Waals surface area contributed by atoms with E-state index in [1.165, 1.54) is 33.8 Å². The number of aldehydes is 1. The lowest BCUT2D eigenvalue weighted by atomic mass is 9.91. The molecule has 0 saturated heterocycles. The predicted molar refractivity (Wildman–Crippen MR) is 175 cm³/mol. The first-order valence-electron chi connectivity index (χ1n) is 15.7. The van der Waals surface area contributed by atoms with Crippen LogP contribution >= 0.6 is 22.7 Å². The normalized spacial score (nSPS) is 20.1. The van der Waals surface area contributed by atoms with E-state index in [9.17, 15) is 14.7 Å². The van der Waals surface area contributed by atoms with Crippen molar-refractivity contribution < 1.29 is 19.4 Å². The standard InChI is InChI=1S/C34H42N4O4S2/c1-33(2,3)28-15-16-30(44-28)34(41,29-10-6-19-43-29)32(40)42-24-13-11-23(12-14-24)37(4)17-7-18-38-31-26-9-5-8-25(26)22(21-39)20-27(31)35-36-38/h6,10,15-16,19-21,23-24,41H,5,7-9,11-14,17-18H2,1-4H3. The number of carbonyl (C=O) groups is 2. The summed E-state index contributed by atoms with van der Waals surface area (Å²) in [5.41, 5.74) is 3.21. The quantitative estimate of drug-likeness (QED) is 0.162. The van der Waals surface area contributed by atoms with Crippen LogP contribution in [0.15, 0.2) is 35.7 Å². The maximum absolute atomic E-state index is 13.7. The Balaban J connectivity index is 1.04. The zero-order valence-corrected chi connectivity index (χ0v) is 27.7. The first-order valence-corrected chi connectivity index (χ1v) is 17.4. The second-order valence-corrected chi connectivity index (χ2v) is 15.4. The summed E-state index contributed by atoms with van der Waals surface area (Å²) in [5, 5.41) is 22.6. The Morgan fingerprint density at radius 2 is 1.86 bits per heavy atom. The van der Waals surface area contributed by atoms with Gasteiger partial charge in [0.25, 0.3) is 0 Å². The summed E-state index contributed by atoms with van der Waals surface area (Å²) in [5.74, 6) is -0.578. The molecule has 1 aromatic carbocycles. The minimum Gasteiger partial charge on any atom is -0.460 e. The molecular formula is C34H42N4O4S2. The highest BCUT2D eigenvalue weighted by Gasteiger charge is 2.45. The Labute approximate surface area is 267 Å². The fourth-order valence-corrected chi connectivity index (χ4v) is 8.83. The molecule has 1 fully saturated rings. The van der Waals surface area contributed by atoms with Crippen LogP contribution in [0.1, 0.15) is 95.4 Å².